The molecule has 0 bridgehead atoms. The minimum absolute atomic E-state index is 0.427. The minimum atomic E-state index is -0.632. The maximum Gasteiger partial charge on any atom is 0.313 e. The minimum Gasteiger partial charge on any atom is -0.371 e. The number of hydrogen-bond acceptors (Lipinski definition) is 3. The van der Waals surface area contributed by atoms with Crippen molar-refractivity contribution in [2.24, 2.45) is 0 Å². The highest BCUT2D eigenvalue weighted by Crippen LogP contribution is 2.28. The van der Waals surface area contributed by atoms with Crippen molar-refractivity contribution in [2.45, 2.75) is 52.4 Å². The van der Waals surface area contributed by atoms with E-state index < -0.39 is 11.8 Å². The van der Waals surface area contributed by atoms with Crippen molar-refractivity contribution >= 4 is 23.2 Å². The van der Waals surface area contributed by atoms with Gasteiger partial charge in [0.05, 0.1) is 0 Å². The maximum absolute atomic E-state index is 12.1. The van der Waals surface area contributed by atoms with Gasteiger partial charge in [-0.25, -0.2) is 0 Å². The number of aryl methyl sites for hydroxylation is 1. The normalized spacial score (nSPS) is 13.1. The summed E-state index contributed by atoms with van der Waals surface area (Å²) in [5, 5.41) is 5.39. The summed E-state index contributed by atoms with van der Waals surface area (Å²) in [6, 6.07) is 14.2. The van der Waals surface area contributed by atoms with Crippen LogP contribution in [0.3, 0.4) is 0 Å². The molecule has 160 valence electrons. The van der Waals surface area contributed by atoms with Gasteiger partial charge in [-0.3, -0.25) is 9.59 Å². The predicted octanol–water partition coefficient (Wildman–Crippen LogP) is 4.27. The first-order valence-electron chi connectivity index (χ1n) is 11.0. The Balaban J connectivity index is 1.48. The average Bonchev–Trinajstić information content (AvgIpc) is 2.74. The molecule has 0 saturated heterocycles. The number of anilines is 2. The highest BCUT2D eigenvalue weighted by Gasteiger charge is 2.17. The van der Waals surface area contributed by atoms with Crippen molar-refractivity contribution in [1.82, 2.24) is 5.32 Å². The van der Waals surface area contributed by atoms with Crippen molar-refractivity contribution in [3.8, 4) is 0 Å². The number of amides is 2. The maximum atomic E-state index is 12.1. The van der Waals surface area contributed by atoms with Crippen LogP contribution in [0.15, 0.2) is 42.5 Å². The molecule has 2 aromatic carbocycles. The molecule has 2 N–H and O–H groups in total. The van der Waals surface area contributed by atoms with E-state index >= 15 is 0 Å². The molecule has 0 aliphatic carbocycles. The van der Waals surface area contributed by atoms with E-state index in [4.69, 9.17) is 0 Å². The Labute approximate surface area is 179 Å². The number of hydrogen-bond donors (Lipinski definition) is 2. The van der Waals surface area contributed by atoms with Crippen molar-refractivity contribution < 1.29 is 9.59 Å². The van der Waals surface area contributed by atoms with Crippen LogP contribution in [0.4, 0.5) is 11.4 Å². The molecule has 1 aliphatic rings. The molecular formula is C25H33N3O2. The molecule has 1 aliphatic heterocycles. The second-order valence-electron chi connectivity index (χ2n) is 8.29. The van der Waals surface area contributed by atoms with Crippen LogP contribution in [-0.4, -0.2) is 31.4 Å². The summed E-state index contributed by atoms with van der Waals surface area (Å²) in [6.07, 6.45) is 4.15. The van der Waals surface area contributed by atoms with Gasteiger partial charge in [-0.15, -0.1) is 0 Å². The molecule has 1 heterocycles. The first kappa shape index (κ1) is 21.9. The average molecular weight is 408 g/mol. The Hall–Kier alpha value is -2.82. The zero-order valence-corrected chi connectivity index (χ0v) is 18.3. The molecule has 3 rings (SSSR count). The number of benzene rings is 2. The first-order valence-corrected chi connectivity index (χ1v) is 11.0. The molecule has 5 heteroatoms. The molecule has 30 heavy (non-hydrogen) atoms. The first-order chi connectivity index (χ1) is 14.5. The van der Waals surface area contributed by atoms with Gasteiger partial charge < -0.3 is 15.5 Å². The van der Waals surface area contributed by atoms with E-state index in [1.54, 1.807) is 0 Å². The van der Waals surface area contributed by atoms with Crippen LogP contribution in [0, 0.1) is 0 Å². The standard InChI is InChI=1S/C25H33N3O2/c1-4-15-28-16-5-6-21-17-19(7-12-23(21)28)13-14-26-24(29)25(30)27-22-10-8-20(9-11-22)18(2)3/h7-12,17-18H,4-6,13-16H2,1-3H3,(H,26,29)(H,27,30). The van der Waals surface area contributed by atoms with Gasteiger partial charge in [-0.05, 0) is 66.5 Å². The summed E-state index contributed by atoms with van der Waals surface area (Å²) in [7, 11) is 0. The topological polar surface area (TPSA) is 61.4 Å². The molecule has 0 atom stereocenters. The molecule has 0 fully saturated rings. The Bertz CT molecular complexity index is 874. The molecule has 0 spiro atoms. The van der Waals surface area contributed by atoms with Gasteiger partial charge in [0.25, 0.3) is 0 Å². The van der Waals surface area contributed by atoms with Crippen LogP contribution in [-0.2, 0) is 22.4 Å². The molecule has 0 aromatic heterocycles. The molecule has 0 radical (unpaired) electrons. The molecule has 0 unspecified atom stereocenters. The van der Waals surface area contributed by atoms with Crippen LogP contribution in [0.1, 0.15) is 56.2 Å². The lowest BCUT2D eigenvalue weighted by atomic mass is 9.98. The molecule has 0 saturated carbocycles. The van der Waals surface area contributed by atoms with Crippen LogP contribution in [0.25, 0.3) is 0 Å². The lowest BCUT2D eigenvalue weighted by Crippen LogP contribution is -2.36. The number of nitrogens with one attached hydrogen (secondary N) is 2. The lowest BCUT2D eigenvalue weighted by Gasteiger charge is -2.31. The SMILES string of the molecule is CCCN1CCCc2cc(CCNC(=O)C(=O)Nc3ccc(C(C)C)cc3)ccc21. The lowest BCUT2D eigenvalue weighted by molar-refractivity contribution is -0.136. The Morgan fingerprint density at radius 2 is 1.83 bits per heavy atom. The predicted molar refractivity (Wildman–Crippen MR) is 123 cm³/mol. The number of carbonyl (C=O) groups is 2. The molecule has 2 amide bonds. The number of fused-ring (bicyclic) bond motifs is 1. The van der Waals surface area contributed by atoms with Crippen molar-refractivity contribution in [1.29, 1.82) is 0 Å². The summed E-state index contributed by atoms with van der Waals surface area (Å²) in [4.78, 5) is 26.7. The third kappa shape index (κ3) is 5.62. The summed E-state index contributed by atoms with van der Waals surface area (Å²) in [6.45, 7) is 9.11. The number of carbonyl (C=O) groups excluding carboxylic acids is 2. The zero-order valence-electron chi connectivity index (χ0n) is 18.3. The van der Waals surface area contributed by atoms with Crippen LogP contribution in [0.2, 0.25) is 0 Å². The molecule has 5 nitrogen and oxygen atoms in total. The largest absolute Gasteiger partial charge is 0.371 e. The highest BCUT2D eigenvalue weighted by molar-refractivity contribution is 6.39. The van der Waals surface area contributed by atoms with E-state index in [0.29, 0.717) is 24.6 Å². The second kappa shape index (κ2) is 10.3. The summed E-state index contributed by atoms with van der Waals surface area (Å²) >= 11 is 0. The van der Waals surface area contributed by atoms with Gasteiger partial charge in [0.1, 0.15) is 0 Å². The third-order valence-electron chi connectivity index (χ3n) is 5.59. The highest BCUT2D eigenvalue weighted by atomic mass is 16.2. The van der Waals surface area contributed by atoms with Crippen LogP contribution < -0.4 is 15.5 Å². The van der Waals surface area contributed by atoms with E-state index in [2.05, 4.69) is 54.5 Å². The van der Waals surface area contributed by atoms with Gasteiger partial charge in [-0.1, -0.05) is 45.0 Å². The zero-order chi connectivity index (χ0) is 21.5. The fourth-order valence-electron chi connectivity index (χ4n) is 3.93. The Morgan fingerprint density at radius 3 is 2.53 bits per heavy atom. The van der Waals surface area contributed by atoms with Gasteiger partial charge in [0.15, 0.2) is 0 Å². The van der Waals surface area contributed by atoms with Crippen molar-refractivity contribution in [3.63, 3.8) is 0 Å². The van der Waals surface area contributed by atoms with Gasteiger partial charge >= 0.3 is 11.8 Å². The van der Waals surface area contributed by atoms with Gasteiger partial charge in [0, 0.05) is 31.0 Å². The summed E-state index contributed by atoms with van der Waals surface area (Å²) in [5.74, 6) is -0.806. The number of rotatable bonds is 7. The van der Waals surface area contributed by atoms with E-state index in [-0.39, 0.29) is 0 Å². The fraction of sp³-hybridized carbons (Fsp3) is 0.440. The monoisotopic (exact) mass is 407 g/mol. The third-order valence-corrected chi connectivity index (χ3v) is 5.59. The van der Waals surface area contributed by atoms with Gasteiger partial charge in [0.2, 0.25) is 0 Å². The molecule has 2 aromatic rings. The second-order valence-corrected chi connectivity index (χ2v) is 8.29. The van der Waals surface area contributed by atoms with Gasteiger partial charge in [-0.2, -0.15) is 0 Å². The van der Waals surface area contributed by atoms with E-state index in [1.165, 1.54) is 28.8 Å². The smallest absolute Gasteiger partial charge is 0.313 e. The molecular weight excluding hydrogens is 374 g/mol. The van der Waals surface area contributed by atoms with Crippen molar-refractivity contribution in [3.05, 3.63) is 59.2 Å². The summed E-state index contributed by atoms with van der Waals surface area (Å²) in [5.41, 5.74) is 5.75. The Kier molecular flexibility index (Phi) is 7.50. The van der Waals surface area contributed by atoms with E-state index in [1.807, 2.05) is 24.3 Å². The van der Waals surface area contributed by atoms with E-state index in [0.717, 1.165) is 25.9 Å². The summed E-state index contributed by atoms with van der Waals surface area (Å²) < 4.78 is 0. The quantitative estimate of drug-likeness (QED) is 0.674. The fourth-order valence-corrected chi connectivity index (χ4v) is 3.93. The van der Waals surface area contributed by atoms with Crippen LogP contribution in [0.5, 0.6) is 0 Å². The number of nitrogens with zero attached hydrogens (tertiary/aromatic N) is 1. The van der Waals surface area contributed by atoms with E-state index in [9.17, 15) is 9.59 Å². The van der Waals surface area contributed by atoms with Crippen molar-refractivity contribution in [2.75, 3.05) is 29.9 Å². The Morgan fingerprint density at radius 1 is 1.07 bits per heavy atom. The van der Waals surface area contributed by atoms with Crippen LogP contribution >= 0.6 is 0 Å².